The van der Waals surface area contributed by atoms with Crippen LogP contribution in [-0.4, -0.2) is 35.5 Å². The number of aliphatic hydroxyl groups is 1. The molecule has 0 unspecified atom stereocenters. The van der Waals surface area contributed by atoms with Gasteiger partial charge in [0.25, 0.3) is 5.78 Å². The summed E-state index contributed by atoms with van der Waals surface area (Å²) in [7, 11) is 1.52. The lowest BCUT2D eigenvalue weighted by Gasteiger charge is -2.24. The van der Waals surface area contributed by atoms with E-state index in [1.54, 1.807) is 48.5 Å². The zero-order chi connectivity index (χ0) is 24.5. The molecule has 1 aliphatic heterocycles. The molecule has 1 N–H and O–H groups in total. The summed E-state index contributed by atoms with van der Waals surface area (Å²) >= 11 is 1.28. The van der Waals surface area contributed by atoms with Crippen LogP contribution in [0.3, 0.4) is 0 Å². The number of carbonyl (C=O) groups excluding carboxylic acids is 2. The van der Waals surface area contributed by atoms with E-state index < -0.39 is 17.7 Å². The van der Waals surface area contributed by atoms with Crippen molar-refractivity contribution in [2.45, 2.75) is 13.0 Å². The molecule has 35 heavy (non-hydrogen) atoms. The van der Waals surface area contributed by atoms with E-state index in [-0.39, 0.29) is 11.3 Å². The predicted octanol–water partition coefficient (Wildman–Crippen LogP) is 5.33. The van der Waals surface area contributed by atoms with Gasteiger partial charge >= 0.3 is 5.91 Å². The first-order chi connectivity index (χ1) is 17.0. The van der Waals surface area contributed by atoms with Crippen LogP contribution in [0, 0.1) is 0 Å². The minimum Gasteiger partial charge on any atom is -0.507 e. The molecule has 5 rings (SSSR count). The SMILES string of the molecule is CCOc1ccc2nc(N3C(=O)C(=O)C(=C(O)c4ccccc4)[C@@H]3c3ccccc3OC)sc2c1. The molecule has 1 atom stereocenters. The lowest BCUT2D eigenvalue weighted by atomic mass is 9.95. The van der Waals surface area contributed by atoms with Crippen LogP contribution in [0.15, 0.2) is 78.4 Å². The first-order valence-corrected chi connectivity index (χ1v) is 11.9. The first-order valence-electron chi connectivity index (χ1n) is 11.1. The number of thiazole rings is 1. The summed E-state index contributed by atoms with van der Waals surface area (Å²) < 4.78 is 12.0. The number of ketones is 1. The number of aromatic nitrogens is 1. The number of rotatable bonds is 6. The van der Waals surface area contributed by atoms with Crippen molar-refractivity contribution in [1.29, 1.82) is 0 Å². The van der Waals surface area contributed by atoms with Crippen LogP contribution < -0.4 is 14.4 Å². The molecule has 1 amide bonds. The number of Topliss-reactive ketones (excluding diaryl/α,β-unsaturated/α-hetero) is 1. The van der Waals surface area contributed by atoms with Gasteiger partial charge in [-0.15, -0.1) is 0 Å². The summed E-state index contributed by atoms with van der Waals surface area (Å²) in [6, 6.07) is 20.4. The van der Waals surface area contributed by atoms with Crippen molar-refractivity contribution in [2.75, 3.05) is 18.6 Å². The van der Waals surface area contributed by atoms with Crippen LogP contribution in [0.5, 0.6) is 11.5 Å². The molecule has 1 aromatic heterocycles. The smallest absolute Gasteiger partial charge is 0.301 e. The van der Waals surface area contributed by atoms with Crippen molar-refractivity contribution in [2.24, 2.45) is 0 Å². The lowest BCUT2D eigenvalue weighted by molar-refractivity contribution is -0.132. The first kappa shape index (κ1) is 22.6. The van der Waals surface area contributed by atoms with Gasteiger partial charge in [-0.3, -0.25) is 14.5 Å². The monoisotopic (exact) mass is 486 g/mol. The number of hydrogen-bond acceptors (Lipinski definition) is 7. The number of fused-ring (bicyclic) bond motifs is 1. The molecule has 1 aliphatic rings. The minimum absolute atomic E-state index is 0.0139. The Kier molecular flexibility index (Phi) is 5.96. The number of carbonyl (C=O) groups is 2. The molecular formula is C27H22N2O5S. The van der Waals surface area contributed by atoms with Gasteiger partial charge < -0.3 is 14.6 Å². The Balaban J connectivity index is 1.73. The number of ether oxygens (including phenoxy) is 2. The fraction of sp³-hybridized carbons (Fsp3) is 0.148. The Bertz CT molecular complexity index is 1460. The van der Waals surface area contributed by atoms with Crippen molar-refractivity contribution < 1.29 is 24.2 Å². The van der Waals surface area contributed by atoms with Crippen molar-refractivity contribution in [3.8, 4) is 11.5 Å². The van der Waals surface area contributed by atoms with Crippen molar-refractivity contribution in [1.82, 2.24) is 4.98 Å². The molecule has 0 radical (unpaired) electrons. The Morgan fingerprint density at radius 2 is 1.80 bits per heavy atom. The Labute approximate surface area is 205 Å². The molecular weight excluding hydrogens is 464 g/mol. The van der Waals surface area contributed by atoms with Gasteiger partial charge in [-0.2, -0.15) is 0 Å². The number of hydrogen-bond donors (Lipinski definition) is 1. The minimum atomic E-state index is -0.918. The quantitative estimate of drug-likeness (QED) is 0.225. The molecule has 0 spiro atoms. The van der Waals surface area contributed by atoms with Crippen LogP contribution in [-0.2, 0) is 9.59 Å². The maximum atomic E-state index is 13.4. The third-order valence-electron chi connectivity index (χ3n) is 5.79. The third-order valence-corrected chi connectivity index (χ3v) is 6.81. The highest BCUT2D eigenvalue weighted by atomic mass is 32.1. The zero-order valence-corrected chi connectivity index (χ0v) is 19.9. The van der Waals surface area contributed by atoms with Gasteiger partial charge in [0.15, 0.2) is 5.13 Å². The van der Waals surface area contributed by atoms with E-state index in [9.17, 15) is 14.7 Å². The molecule has 1 fully saturated rings. The van der Waals surface area contributed by atoms with E-state index in [4.69, 9.17) is 9.47 Å². The van der Waals surface area contributed by atoms with Gasteiger partial charge in [0.05, 0.1) is 29.5 Å². The van der Waals surface area contributed by atoms with Gasteiger partial charge in [-0.25, -0.2) is 4.98 Å². The molecule has 8 heteroatoms. The molecule has 3 aromatic carbocycles. The van der Waals surface area contributed by atoms with Crippen LogP contribution in [0.2, 0.25) is 0 Å². The van der Waals surface area contributed by atoms with Gasteiger partial charge in [-0.05, 0) is 31.2 Å². The highest BCUT2D eigenvalue weighted by Crippen LogP contribution is 2.46. The summed E-state index contributed by atoms with van der Waals surface area (Å²) in [4.78, 5) is 32.8. The number of benzene rings is 3. The maximum absolute atomic E-state index is 13.4. The van der Waals surface area contributed by atoms with E-state index >= 15 is 0 Å². The molecule has 1 saturated heterocycles. The largest absolute Gasteiger partial charge is 0.507 e. The van der Waals surface area contributed by atoms with Gasteiger partial charge in [0.2, 0.25) is 0 Å². The second kappa shape index (κ2) is 9.23. The molecule has 0 bridgehead atoms. The zero-order valence-electron chi connectivity index (χ0n) is 19.1. The van der Waals surface area contributed by atoms with E-state index in [0.29, 0.717) is 39.9 Å². The van der Waals surface area contributed by atoms with Crippen LogP contribution in [0.25, 0.3) is 16.0 Å². The second-order valence-electron chi connectivity index (χ2n) is 7.84. The average Bonchev–Trinajstić information content (AvgIpc) is 3.42. The van der Waals surface area contributed by atoms with E-state index in [1.807, 2.05) is 31.2 Å². The Morgan fingerprint density at radius 3 is 2.54 bits per heavy atom. The molecule has 0 saturated carbocycles. The van der Waals surface area contributed by atoms with Gasteiger partial charge in [0, 0.05) is 11.1 Å². The standard InChI is InChI=1S/C27H22N2O5S/c1-3-34-17-13-14-19-21(15-17)35-27(28-19)29-23(18-11-7-8-12-20(18)33-2)22(25(31)26(29)32)24(30)16-9-5-4-6-10-16/h4-15,23,30H,3H2,1-2H3/t23-/m0/s1. The lowest BCUT2D eigenvalue weighted by Crippen LogP contribution is -2.29. The van der Waals surface area contributed by atoms with E-state index in [0.717, 1.165) is 4.70 Å². The van der Waals surface area contributed by atoms with Crippen molar-refractivity contribution >= 4 is 44.1 Å². The third kappa shape index (κ3) is 3.91. The maximum Gasteiger partial charge on any atom is 0.301 e. The summed E-state index contributed by atoms with van der Waals surface area (Å²) in [5.41, 5.74) is 1.68. The Morgan fingerprint density at radius 1 is 1.06 bits per heavy atom. The molecule has 0 aliphatic carbocycles. The molecule has 4 aromatic rings. The van der Waals surface area contributed by atoms with Gasteiger partial charge in [0.1, 0.15) is 23.3 Å². The summed E-state index contributed by atoms with van der Waals surface area (Å²) in [5, 5.41) is 11.6. The second-order valence-corrected chi connectivity index (χ2v) is 8.85. The highest BCUT2D eigenvalue weighted by Gasteiger charge is 2.49. The number of anilines is 1. The average molecular weight is 487 g/mol. The summed E-state index contributed by atoms with van der Waals surface area (Å²) in [5.74, 6) is -0.605. The number of aliphatic hydroxyl groups excluding tert-OH is 1. The number of methoxy groups -OCH3 is 1. The predicted molar refractivity (Wildman–Crippen MR) is 135 cm³/mol. The Hall–Kier alpha value is -4.17. The normalized spacial score (nSPS) is 17.2. The van der Waals surface area contributed by atoms with Gasteiger partial charge in [-0.1, -0.05) is 59.9 Å². The molecule has 176 valence electrons. The highest BCUT2D eigenvalue weighted by molar-refractivity contribution is 7.22. The summed E-state index contributed by atoms with van der Waals surface area (Å²) in [6.07, 6.45) is 0. The van der Waals surface area contributed by atoms with Crippen molar-refractivity contribution in [3.05, 3.63) is 89.5 Å². The van der Waals surface area contributed by atoms with Crippen LogP contribution in [0.4, 0.5) is 5.13 Å². The number of nitrogens with zero attached hydrogens (tertiary/aromatic N) is 2. The van der Waals surface area contributed by atoms with Crippen LogP contribution in [0.1, 0.15) is 24.1 Å². The van der Waals surface area contributed by atoms with Crippen LogP contribution >= 0.6 is 11.3 Å². The number of para-hydroxylation sites is 1. The molecule has 7 nitrogen and oxygen atoms in total. The summed E-state index contributed by atoms with van der Waals surface area (Å²) in [6.45, 7) is 2.43. The van der Waals surface area contributed by atoms with E-state index in [1.165, 1.54) is 23.3 Å². The number of amides is 1. The van der Waals surface area contributed by atoms with Crippen molar-refractivity contribution in [3.63, 3.8) is 0 Å². The topological polar surface area (TPSA) is 89.0 Å². The molecule has 2 heterocycles. The van der Waals surface area contributed by atoms with E-state index in [2.05, 4.69) is 4.98 Å². The fourth-order valence-electron chi connectivity index (χ4n) is 4.22. The fourth-order valence-corrected chi connectivity index (χ4v) is 5.24.